The molecule has 0 unspecified atom stereocenters. The lowest BCUT2D eigenvalue weighted by Crippen LogP contribution is -2.46. The predicted molar refractivity (Wildman–Crippen MR) is 94.7 cm³/mol. The van der Waals surface area contributed by atoms with Crippen LogP contribution in [0.15, 0.2) is 18.6 Å². The molecule has 2 aliphatic heterocycles. The van der Waals surface area contributed by atoms with Gasteiger partial charge in [0.25, 0.3) is 0 Å². The van der Waals surface area contributed by atoms with Crippen LogP contribution in [0.1, 0.15) is 25.1 Å². The number of rotatable bonds is 3. The second-order valence-electron chi connectivity index (χ2n) is 7.28. The van der Waals surface area contributed by atoms with E-state index < -0.39 is 0 Å². The lowest BCUT2D eigenvalue weighted by molar-refractivity contribution is 0.129. The summed E-state index contributed by atoms with van der Waals surface area (Å²) in [6.45, 7) is 7.36. The van der Waals surface area contributed by atoms with Crippen LogP contribution in [0, 0.1) is 6.92 Å². The van der Waals surface area contributed by atoms with E-state index in [9.17, 15) is 0 Å². The normalized spacial score (nSPS) is 21.6. The van der Waals surface area contributed by atoms with Crippen LogP contribution in [0.4, 0.5) is 5.82 Å². The number of aromatic nitrogens is 6. The summed E-state index contributed by atoms with van der Waals surface area (Å²) in [5.41, 5.74) is 3.68. The minimum absolute atomic E-state index is 0.415. The van der Waals surface area contributed by atoms with Crippen molar-refractivity contribution in [3.05, 3.63) is 24.3 Å². The number of hydrogen-bond acceptors (Lipinski definition) is 6. The lowest BCUT2D eigenvalue weighted by Gasteiger charge is -2.39. The van der Waals surface area contributed by atoms with Crippen molar-refractivity contribution >= 4 is 11.5 Å². The summed E-state index contributed by atoms with van der Waals surface area (Å²) >= 11 is 0. The summed E-state index contributed by atoms with van der Waals surface area (Å²) in [5.74, 6) is 0.947. The standard InChI is InChI=1S/C17H22N8/c1-11-4-6-23(11)17-16-18-5-7-24(16)12(2)15(19-17)14-10-25(21-20-14)13-8-22(3)9-13/h5,7,10-11,13H,4,6,8-9H2,1-3H3/t11-/m0/s1. The van der Waals surface area contributed by atoms with Crippen LogP contribution in [0.5, 0.6) is 0 Å². The van der Waals surface area contributed by atoms with Crippen LogP contribution in [0.25, 0.3) is 17.0 Å². The molecular formula is C17H22N8. The van der Waals surface area contributed by atoms with Gasteiger partial charge in [0.2, 0.25) is 0 Å². The van der Waals surface area contributed by atoms with Crippen molar-refractivity contribution in [2.75, 3.05) is 31.6 Å². The van der Waals surface area contributed by atoms with Crippen LogP contribution in [0.2, 0.25) is 0 Å². The van der Waals surface area contributed by atoms with Crippen molar-refractivity contribution in [3.8, 4) is 11.4 Å². The molecular weight excluding hydrogens is 316 g/mol. The van der Waals surface area contributed by atoms with E-state index in [1.165, 1.54) is 6.42 Å². The van der Waals surface area contributed by atoms with Gasteiger partial charge in [0.05, 0.1) is 12.2 Å². The Morgan fingerprint density at radius 2 is 2.08 bits per heavy atom. The maximum atomic E-state index is 4.96. The van der Waals surface area contributed by atoms with E-state index in [1.807, 2.05) is 23.3 Å². The highest BCUT2D eigenvalue weighted by atomic mass is 15.5. The molecule has 25 heavy (non-hydrogen) atoms. The third-order valence-electron chi connectivity index (χ3n) is 5.53. The number of nitrogens with zero attached hydrogens (tertiary/aromatic N) is 8. The molecule has 0 bridgehead atoms. The SMILES string of the molecule is Cc1c(-c2cn(C3CN(C)C3)nn2)nc(N2CC[C@@H]2C)c2nccn12. The fraction of sp³-hybridized carbons (Fsp3) is 0.529. The Kier molecular flexibility index (Phi) is 3.12. The second-order valence-corrected chi connectivity index (χ2v) is 7.28. The van der Waals surface area contributed by atoms with E-state index >= 15 is 0 Å². The molecule has 2 fully saturated rings. The Morgan fingerprint density at radius 3 is 2.76 bits per heavy atom. The fourth-order valence-corrected chi connectivity index (χ4v) is 3.75. The van der Waals surface area contributed by atoms with Gasteiger partial charge < -0.3 is 9.80 Å². The number of likely N-dealkylation sites (tertiary alicyclic amines) is 1. The molecule has 5 rings (SSSR count). The van der Waals surface area contributed by atoms with E-state index in [2.05, 4.69) is 50.4 Å². The minimum atomic E-state index is 0.415. The van der Waals surface area contributed by atoms with E-state index in [-0.39, 0.29) is 0 Å². The molecule has 3 aromatic rings. The number of likely N-dealkylation sites (N-methyl/N-ethyl adjacent to an activating group) is 1. The molecule has 1 atom stereocenters. The zero-order valence-electron chi connectivity index (χ0n) is 14.8. The Labute approximate surface area is 146 Å². The Morgan fingerprint density at radius 1 is 1.24 bits per heavy atom. The number of imidazole rings is 1. The molecule has 5 heterocycles. The number of anilines is 1. The van der Waals surface area contributed by atoms with Crippen LogP contribution < -0.4 is 4.90 Å². The van der Waals surface area contributed by atoms with Crippen molar-refractivity contribution in [2.45, 2.75) is 32.4 Å². The highest BCUT2D eigenvalue weighted by Gasteiger charge is 2.30. The Bertz CT molecular complexity index is 935. The molecule has 0 amide bonds. The van der Waals surface area contributed by atoms with Crippen molar-refractivity contribution in [1.29, 1.82) is 0 Å². The predicted octanol–water partition coefficient (Wildman–Crippen LogP) is 1.38. The third kappa shape index (κ3) is 2.17. The van der Waals surface area contributed by atoms with Gasteiger partial charge in [-0.3, -0.25) is 4.40 Å². The van der Waals surface area contributed by atoms with E-state index in [4.69, 9.17) is 4.98 Å². The summed E-state index contributed by atoms with van der Waals surface area (Å²) in [6, 6.07) is 0.920. The first-order chi connectivity index (χ1) is 12.1. The number of fused-ring (bicyclic) bond motifs is 1. The molecule has 8 nitrogen and oxygen atoms in total. The van der Waals surface area contributed by atoms with E-state index in [0.717, 1.165) is 48.2 Å². The Hall–Kier alpha value is -2.48. The average molecular weight is 338 g/mol. The molecule has 0 saturated carbocycles. The van der Waals surface area contributed by atoms with Crippen LogP contribution in [0.3, 0.4) is 0 Å². The summed E-state index contributed by atoms with van der Waals surface area (Å²) in [5, 5.41) is 8.75. The molecule has 3 aromatic heterocycles. The molecule has 0 N–H and O–H groups in total. The first-order valence-corrected chi connectivity index (χ1v) is 8.83. The largest absolute Gasteiger partial charge is 0.351 e. The van der Waals surface area contributed by atoms with E-state index in [0.29, 0.717) is 12.1 Å². The highest BCUT2D eigenvalue weighted by molar-refractivity contribution is 5.71. The van der Waals surface area contributed by atoms with Gasteiger partial charge >= 0.3 is 0 Å². The zero-order valence-corrected chi connectivity index (χ0v) is 14.8. The van der Waals surface area contributed by atoms with Gasteiger partial charge in [-0.2, -0.15) is 0 Å². The summed E-state index contributed by atoms with van der Waals surface area (Å²) < 4.78 is 4.08. The summed E-state index contributed by atoms with van der Waals surface area (Å²) in [4.78, 5) is 14.1. The molecule has 130 valence electrons. The van der Waals surface area contributed by atoms with Gasteiger partial charge in [0, 0.05) is 43.8 Å². The number of aryl methyl sites for hydroxylation is 1. The van der Waals surface area contributed by atoms with Crippen molar-refractivity contribution < 1.29 is 0 Å². The van der Waals surface area contributed by atoms with Gasteiger partial charge in [-0.15, -0.1) is 5.10 Å². The van der Waals surface area contributed by atoms with E-state index in [1.54, 1.807) is 0 Å². The van der Waals surface area contributed by atoms with Gasteiger partial charge in [-0.1, -0.05) is 5.21 Å². The first kappa shape index (κ1) is 14.8. The maximum absolute atomic E-state index is 4.96. The molecule has 2 aliphatic rings. The monoisotopic (exact) mass is 338 g/mol. The summed E-state index contributed by atoms with van der Waals surface area (Å²) in [6.07, 6.45) is 7.06. The molecule has 2 saturated heterocycles. The van der Waals surface area contributed by atoms with Crippen LogP contribution in [-0.4, -0.2) is 67.0 Å². The van der Waals surface area contributed by atoms with Gasteiger partial charge in [0.15, 0.2) is 11.5 Å². The molecule has 0 spiro atoms. The summed E-state index contributed by atoms with van der Waals surface area (Å²) in [7, 11) is 2.12. The molecule has 0 radical (unpaired) electrons. The zero-order chi connectivity index (χ0) is 17.1. The fourth-order valence-electron chi connectivity index (χ4n) is 3.75. The maximum Gasteiger partial charge on any atom is 0.180 e. The van der Waals surface area contributed by atoms with Gasteiger partial charge in [-0.05, 0) is 27.3 Å². The average Bonchev–Trinajstić information content (AvgIpc) is 3.22. The molecule has 0 aliphatic carbocycles. The quantitative estimate of drug-likeness (QED) is 0.719. The first-order valence-electron chi connectivity index (χ1n) is 8.83. The van der Waals surface area contributed by atoms with Crippen LogP contribution >= 0.6 is 0 Å². The lowest BCUT2D eigenvalue weighted by atomic mass is 10.1. The number of hydrogen-bond donors (Lipinski definition) is 0. The highest BCUT2D eigenvalue weighted by Crippen LogP contribution is 2.32. The molecule has 8 heteroatoms. The second kappa shape index (κ2) is 5.26. The van der Waals surface area contributed by atoms with Crippen LogP contribution in [-0.2, 0) is 0 Å². The smallest absolute Gasteiger partial charge is 0.180 e. The third-order valence-corrected chi connectivity index (χ3v) is 5.53. The van der Waals surface area contributed by atoms with Crippen molar-refractivity contribution in [3.63, 3.8) is 0 Å². The Balaban J connectivity index is 1.60. The topological polar surface area (TPSA) is 67.4 Å². The minimum Gasteiger partial charge on any atom is -0.351 e. The van der Waals surface area contributed by atoms with Crippen molar-refractivity contribution in [2.24, 2.45) is 0 Å². The molecule has 0 aromatic carbocycles. The van der Waals surface area contributed by atoms with Crippen molar-refractivity contribution in [1.82, 2.24) is 34.3 Å². The van der Waals surface area contributed by atoms with Gasteiger partial charge in [-0.25, -0.2) is 14.6 Å². The van der Waals surface area contributed by atoms with Gasteiger partial charge in [0.1, 0.15) is 11.4 Å².